The number of aromatic nitrogens is 5. The van der Waals surface area contributed by atoms with Crippen molar-refractivity contribution in [3.05, 3.63) is 154 Å². The van der Waals surface area contributed by atoms with Crippen LogP contribution in [0.1, 0.15) is 330 Å². The molecule has 2 aliphatic rings. The van der Waals surface area contributed by atoms with Crippen LogP contribution in [0.5, 0.6) is 23.0 Å². The summed E-state index contributed by atoms with van der Waals surface area (Å²) in [5, 5.41) is 0. The molecular formula is C97H128N6O4Zn. The summed E-state index contributed by atoms with van der Waals surface area (Å²) in [6.45, 7) is 11.4. The predicted molar refractivity (Wildman–Crippen MR) is 454 cm³/mol. The largest absolute Gasteiger partial charge is 2.00 e. The van der Waals surface area contributed by atoms with E-state index >= 15 is 0 Å². The van der Waals surface area contributed by atoms with Gasteiger partial charge in [-0.05, 0) is 111 Å². The maximum Gasteiger partial charge on any atom is 2.00 e. The normalized spacial score (nSPS) is 11.5. The number of anilines is 1. The first-order valence-electron chi connectivity index (χ1n) is 42.4. The summed E-state index contributed by atoms with van der Waals surface area (Å²) in [7, 11) is 4.12. The van der Waals surface area contributed by atoms with Crippen molar-refractivity contribution in [3.63, 3.8) is 0 Å². The van der Waals surface area contributed by atoms with Gasteiger partial charge in [-0.2, -0.15) is 0 Å². The average molecular weight is 1510 g/mol. The Kier molecular flexibility index (Phi) is 40.3. The van der Waals surface area contributed by atoms with E-state index in [1.807, 2.05) is 12.1 Å². The van der Waals surface area contributed by atoms with Crippen molar-refractivity contribution in [3.8, 4) is 68.9 Å². The molecule has 7 aromatic rings. The van der Waals surface area contributed by atoms with Crippen LogP contribution < -0.4 is 33.8 Å². The van der Waals surface area contributed by atoms with Gasteiger partial charge in [0.2, 0.25) is 0 Å². The standard InChI is InChI=1S/C97H128N6O4.Zn/c1-7-11-15-19-23-27-31-35-39-43-73-104-90-49-47-50-91(105-74-44-40-36-32-28-24-20-16-12-8-2)96(90)94-86-65-61-82(99-86)80(59-55-77-53-57-79(58-54-77)103(5)6)83-62-66-87(100-83)95(89-68-64-85(102-89)81(84-63-67-88(94)101-84)60-56-78-69-71-98-72-70-78)97-92(106-75-45-41-37-33-29-25-21-17-13-9-3)51-48-52-93(97)107-76-46-42-38-34-30-26-22-18-14-10-4;/h47-54,57-58,61-72H,7-46,73-76H2,1-6H3;/q-2;+2. The third-order valence-electron chi connectivity index (χ3n) is 20.8. The number of unbranched alkanes of at least 4 members (excludes halogenated alkanes) is 36. The molecular weight excluding hydrogens is 1380 g/mol. The summed E-state index contributed by atoms with van der Waals surface area (Å²) in [6, 6.07) is 33.2. The molecule has 9 rings (SSSR count). The van der Waals surface area contributed by atoms with Crippen molar-refractivity contribution in [1.82, 2.24) is 24.9 Å². The Labute approximate surface area is 664 Å². The number of fused-ring (bicyclic) bond motifs is 8. The zero-order chi connectivity index (χ0) is 74.6. The van der Waals surface area contributed by atoms with Gasteiger partial charge in [0.05, 0.1) is 60.3 Å². The van der Waals surface area contributed by atoms with Gasteiger partial charge in [-0.1, -0.05) is 319 Å². The minimum Gasteiger partial charge on any atom is -0.656 e. The van der Waals surface area contributed by atoms with Gasteiger partial charge in [0.15, 0.2) is 0 Å². The smallest absolute Gasteiger partial charge is 0.656 e. The summed E-state index contributed by atoms with van der Waals surface area (Å²) in [5.74, 6) is 17.3. The Morgan fingerprint density at radius 3 is 0.880 bits per heavy atom. The first kappa shape index (κ1) is 85.8. The summed E-state index contributed by atoms with van der Waals surface area (Å²) < 4.78 is 28.2. The molecule has 0 saturated heterocycles. The number of rotatable bonds is 51. The first-order chi connectivity index (χ1) is 52.9. The van der Waals surface area contributed by atoms with E-state index < -0.39 is 0 Å². The van der Waals surface area contributed by atoms with Gasteiger partial charge in [0.1, 0.15) is 23.0 Å². The maximum atomic E-state index is 7.04. The number of hydrogen-bond acceptors (Lipinski definition) is 8. The molecule has 0 spiro atoms. The maximum absolute atomic E-state index is 7.04. The van der Waals surface area contributed by atoms with Crippen molar-refractivity contribution in [2.45, 2.75) is 285 Å². The van der Waals surface area contributed by atoms with E-state index in [1.165, 1.54) is 205 Å². The van der Waals surface area contributed by atoms with Crippen molar-refractivity contribution in [1.29, 1.82) is 0 Å². The van der Waals surface area contributed by atoms with Crippen LogP contribution in [0.15, 0.2) is 109 Å². The number of benzene rings is 3. The molecule has 8 bridgehead atoms. The average Bonchev–Trinajstić information content (AvgIpc) is 1.59. The first-order valence-corrected chi connectivity index (χ1v) is 42.4. The molecule has 0 aliphatic carbocycles. The van der Waals surface area contributed by atoms with Gasteiger partial charge in [0, 0.05) is 65.6 Å². The topological polar surface area (TPSA) is 107 Å². The van der Waals surface area contributed by atoms with Gasteiger partial charge in [-0.15, -0.1) is 22.1 Å². The summed E-state index contributed by atoms with van der Waals surface area (Å²) in [5.41, 5.74) is 12.9. The van der Waals surface area contributed by atoms with Crippen molar-refractivity contribution >= 4 is 52.1 Å². The molecule has 10 nitrogen and oxygen atoms in total. The molecule has 0 amide bonds. The van der Waals surface area contributed by atoms with E-state index in [1.54, 1.807) is 12.4 Å². The third kappa shape index (κ3) is 28.5. The van der Waals surface area contributed by atoms with E-state index in [4.69, 9.17) is 38.9 Å². The second kappa shape index (κ2) is 50.8. The van der Waals surface area contributed by atoms with Crippen molar-refractivity contribution in [2.75, 3.05) is 45.4 Å². The monoisotopic (exact) mass is 1500 g/mol. The third-order valence-corrected chi connectivity index (χ3v) is 20.8. The fourth-order valence-electron chi connectivity index (χ4n) is 14.5. The second-order valence-electron chi connectivity index (χ2n) is 29.9. The second-order valence-corrected chi connectivity index (χ2v) is 29.9. The summed E-state index contributed by atoms with van der Waals surface area (Å²) >= 11 is 0. The SMILES string of the molecule is CCCCCCCCCCCCOc1cccc(OCCCCCCCCCCCC)c1-c1c2nc(c(C#Cc3ccc(N(C)C)cc3)c3ccc([n-]3)c(-c3c(OCCCCCCCCCCCC)cccc3OCCCCCCCCCCCC)c3nc(c(C#Cc4ccncc4)c4ccc1[n-]4)C=C3)C=C2.[Zn+2]. The quantitative estimate of drug-likeness (QED) is 0.0208. The molecule has 0 atom stereocenters. The molecule has 0 unspecified atom stereocenters. The van der Waals surface area contributed by atoms with E-state index in [0.717, 1.165) is 113 Å². The van der Waals surface area contributed by atoms with Crippen LogP contribution in [0.25, 0.3) is 68.6 Å². The predicted octanol–water partition coefficient (Wildman–Crippen LogP) is 26.7. The van der Waals surface area contributed by atoms with Crippen LogP contribution in [0, 0.1) is 23.7 Å². The van der Waals surface area contributed by atoms with E-state index in [9.17, 15) is 0 Å². The summed E-state index contributed by atoms with van der Waals surface area (Å²) in [6.07, 6.45) is 61.6. The van der Waals surface area contributed by atoms with Gasteiger partial charge in [-0.3, -0.25) is 4.98 Å². The minimum atomic E-state index is 0. The fourth-order valence-corrected chi connectivity index (χ4v) is 14.5. The number of hydrogen-bond donors (Lipinski definition) is 0. The molecule has 6 heterocycles. The van der Waals surface area contributed by atoms with Gasteiger partial charge >= 0.3 is 19.5 Å². The molecule has 4 aromatic heterocycles. The zero-order valence-corrected chi connectivity index (χ0v) is 70.3. The number of nitrogens with zero attached hydrogens (tertiary/aromatic N) is 6. The Balaban J connectivity index is 0.0000147. The van der Waals surface area contributed by atoms with Gasteiger partial charge in [0.25, 0.3) is 0 Å². The Morgan fingerprint density at radius 2 is 0.574 bits per heavy atom. The molecule has 11 heteroatoms. The number of pyridine rings is 1. The van der Waals surface area contributed by atoms with E-state index in [-0.39, 0.29) is 19.5 Å². The van der Waals surface area contributed by atoms with Crippen molar-refractivity contribution in [2.24, 2.45) is 0 Å². The van der Waals surface area contributed by atoms with Crippen LogP contribution in [0.3, 0.4) is 0 Å². The molecule has 0 radical (unpaired) electrons. The molecule has 108 heavy (non-hydrogen) atoms. The van der Waals surface area contributed by atoms with E-state index in [2.05, 4.69) is 185 Å². The molecule has 0 N–H and O–H groups in total. The van der Waals surface area contributed by atoms with Crippen LogP contribution in [0.4, 0.5) is 5.69 Å². The minimum absolute atomic E-state index is 0. The fraction of sp³-hybridized carbons (Fsp3) is 0.515. The molecule has 0 fully saturated rings. The Bertz CT molecular complexity index is 3920. The molecule has 2 aliphatic heterocycles. The van der Waals surface area contributed by atoms with Gasteiger partial charge < -0.3 is 33.8 Å². The summed E-state index contributed by atoms with van der Waals surface area (Å²) in [4.78, 5) is 29.2. The van der Waals surface area contributed by atoms with Crippen molar-refractivity contribution < 1.29 is 38.4 Å². The molecule has 0 saturated carbocycles. The molecule has 572 valence electrons. The van der Waals surface area contributed by atoms with Crippen LogP contribution in [-0.4, -0.2) is 55.5 Å². The van der Waals surface area contributed by atoms with Crippen LogP contribution in [0.2, 0.25) is 0 Å². The van der Waals surface area contributed by atoms with E-state index in [0.29, 0.717) is 82.4 Å². The van der Waals surface area contributed by atoms with Crippen LogP contribution >= 0.6 is 0 Å². The Hall–Kier alpha value is -7.85. The molecule has 3 aromatic carbocycles. The Morgan fingerprint density at radius 1 is 0.296 bits per heavy atom. The zero-order valence-electron chi connectivity index (χ0n) is 67.3. The van der Waals surface area contributed by atoms with Gasteiger partial charge in [-0.25, -0.2) is 9.97 Å². The van der Waals surface area contributed by atoms with Crippen LogP contribution in [-0.2, 0) is 19.5 Å². The number of ether oxygens (including phenoxy) is 4.